The quantitative estimate of drug-likeness (QED) is 0.525. The molecule has 1 saturated heterocycles. The second-order valence-electron chi connectivity index (χ2n) is 2.83. The largest absolute Gasteiger partial charge is 0.356 e. The third-order valence-electron chi connectivity index (χ3n) is 2.04. The van der Waals surface area contributed by atoms with E-state index < -0.39 is 0 Å². The van der Waals surface area contributed by atoms with Crippen molar-refractivity contribution in [1.82, 2.24) is 10.2 Å². The molecule has 2 heterocycles. The number of guanidine groups is 1. The van der Waals surface area contributed by atoms with Crippen LogP contribution in [0, 0.1) is 0 Å². The molecule has 10 heavy (non-hydrogen) atoms. The van der Waals surface area contributed by atoms with Gasteiger partial charge in [-0.05, 0) is 12.8 Å². The third kappa shape index (κ3) is 0.958. The molecule has 0 aliphatic carbocycles. The molecule has 1 fully saturated rings. The summed E-state index contributed by atoms with van der Waals surface area (Å²) >= 11 is 0. The minimum Gasteiger partial charge on any atom is -0.356 e. The van der Waals surface area contributed by atoms with Gasteiger partial charge in [-0.1, -0.05) is 0 Å². The van der Waals surface area contributed by atoms with Gasteiger partial charge in [0, 0.05) is 27.6 Å². The highest BCUT2D eigenvalue weighted by atomic mass is 15.3. The number of fused-ring (bicyclic) bond motifs is 1. The van der Waals surface area contributed by atoms with Gasteiger partial charge < -0.3 is 10.2 Å². The molecule has 2 rings (SSSR count). The summed E-state index contributed by atoms with van der Waals surface area (Å²) in [7, 11) is 0. The van der Waals surface area contributed by atoms with E-state index >= 15 is 0 Å². The van der Waals surface area contributed by atoms with Gasteiger partial charge in [-0.2, -0.15) is 0 Å². The van der Waals surface area contributed by atoms with Crippen LogP contribution in [0.15, 0.2) is 4.99 Å². The molecular weight excluding hydrogens is 126 g/mol. The average Bonchev–Trinajstić information content (AvgIpc) is 2.05. The van der Waals surface area contributed by atoms with Gasteiger partial charge >= 0.3 is 0 Å². The number of nitrogens with zero attached hydrogens (tertiary/aromatic N) is 2. The van der Waals surface area contributed by atoms with Crippen molar-refractivity contribution >= 4 is 5.96 Å². The minimum absolute atomic E-state index is 0. The number of hydrogen-bond acceptors (Lipinski definition) is 3. The lowest BCUT2D eigenvalue weighted by Gasteiger charge is -2.33. The number of aliphatic imine (C=N–C) groups is 1. The first-order valence-corrected chi connectivity index (χ1v) is 4.00. The third-order valence-corrected chi connectivity index (χ3v) is 2.04. The molecule has 3 nitrogen and oxygen atoms in total. The van der Waals surface area contributed by atoms with E-state index in [4.69, 9.17) is 0 Å². The van der Waals surface area contributed by atoms with Crippen molar-refractivity contribution in [1.29, 1.82) is 0 Å². The fourth-order valence-electron chi connectivity index (χ4n) is 1.51. The molecule has 0 aromatic carbocycles. The molecule has 2 aliphatic heterocycles. The molecule has 58 valence electrons. The molecule has 0 saturated carbocycles. The Morgan fingerprint density at radius 3 is 3.20 bits per heavy atom. The first-order chi connectivity index (χ1) is 4.97. The summed E-state index contributed by atoms with van der Waals surface area (Å²) in [4.78, 5) is 6.72. The maximum absolute atomic E-state index is 4.38. The number of hydrogen-bond donors (Lipinski definition) is 1. The zero-order valence-corrected chi connectivity index (χ0v) is 6.14. The molecule has 0 bridgehead atoms. The van der Waals surface area contributed by atoms with Gasteiger partial charge in [0.15, 0.2) is 5.96 Å². The molecular formula is C7H15N3. The van der Waals surface area contributed by atoms with E-state index in [2.05, 4.69) is 15.2 Å². The lowest BCUT2D eigenvalue weighted by molar-refractivity contribution is 0.346. The Bertz CT molecular complexity index is 158. The van der Waals surface area contributed by atoms with Gasteiger partial charge in [0.1, 0.15) is 0 Å². The van der Waals surface area contributed by atoms with Crippen molar-refractivity contribution in [3.05, 3.63) is 0 Å². The van der Waals surface area contributed by atoms with E-state index in [1.807, 2.05) is 0 Å². The summed E-state index contributed by atoms with van der Waals surface area (Å²) in [6.07, 6.45) is 2.49. The first-order valence-electron chi connectivity index (χ1n) is 4.00. The SMILES string of the molecule is C1CN=C2NCCCN2C1.[HH]. The summed E-state index contributed by atoms with van der Waals surface area (Å²) in [5, 5.41) is 3.30. The average molecular weight is 141 g/mol. The van der Waals surface area contributed by atoms with Crippen LogP contribution < -0.4 is 5.32 Å². The van der Waals surface area contributed by atoms with Gasteiger partial charge in [-0.3, -0.25) is 4.99 Å². The van der Waals surface area contributed by atoms with E-state index in [9.17, 15) is 0 Å². The van der Waals surface area contributed by atoms with Crippen molar-refractivity contribution < 1.29 is 1.43 Å². The molecule has 0 atom stereocenters. The second kappa shape index (κ2) is 2.48. The molecule has 2 aliphatic rings. The zero-order chi connectivity index (χ0) is 6.81. The van der Waals surface area contributed by atoms with Gasteiger partial charge in [-0.15, -0.1) is 0 Å². The summed E-state index contributed by atoms with van der Waals surface area (Å²) in [6, 6.07) is 0. The van der Waals surface area contributed by atoms with Crippen LogP contribution in [-0.4, -0.2) is 37.0 Å². The standard InChI is InChI=1S/C7H13N3.H2/c1-3-8-7-9-4-2-6-10(7)5-1;/h1-6H2,(H,8,9);1H. The molecule has 0 unspecified atom stereocenters. The van der Waals surface area contributed by atoms with E-state index in [-0.39, 0.29) is 1.43 Å². The first kappa shape index (κ1) is 6.01. The Morgan fingerprint density at radius 1 is 1.40 bits per heavy atom. The molecule has 0 aromatic rings. The monoisotopic (exact) mass is 141 g/mol. The Labute approximate surface area is 62.6 Å². The molecule has 0 amide bonds. The lowest BCUT2D eigenvalue weighted by Crippen LogP contribution is -2.49. The fourth-order valence-corrected chi connectivity index (χ4v) is 1.51. The highest BCUT2D eigenvalue weighted by Crippen LogP contribution is 2.05. The number of rotatable bonds is 0. The predicted molar refractivity (Wildman–Crippen MR) is 43.2 cm³/mol. The summed E-state index contributed by atoms with van der Waals surface area (Å²) < 4.78 is 0. The molecule has 3 heteroatoms. The van der Waals surface area contributed by atoms with Gasteiger partial charge in [0.2, 0.25) is 0 Å². The van der Waals surface area contributed by atoms with Gasteiger partial charge in [0.05, 0.1) is 0 Å². The Morgan fingerprint density at radius 2 is 2.30 bits per heavy atom. The summed E-state index contributed by atoms with van der Waals surface area (Å²) in [6.45, 7) is 4.52. The van der Waals surface area contributed by atoms with Crippen LogP contribution in [0.4, 0.5) is 0 Å². The van der Waals surface area contributed by atoms with Crippen LogP contribution in [0.1, 0.15) is 14.3 Å². The van der Waals surface area contributed by atoms with Crippen LogP contribution in [0.2, 0.25) is 0 Å². The molecule has 0 aromatic heterocycles. The van der Waals surface area contributed by atoms with E-state index in [1.165, 1.54) is 25.9 Å². The van der Waals surface area contributed by atoms with E-state index in [0.717, 1.165) is 19.0 Å². The second-order valence-corrected chi connectivity index (χ2v) is 2.83. The highest BCUT2D eigenvalue weighted by Gasteiger charge is 2.17. The predicted octanol–water partition coefficient (Wildman–Crippen LogP) is 0.287. The zero-order valence-electron chi connectivity index (χ0n) is 6.14. The Balaban J connectivity index is 0.000000605. The smallest absolute Gasteiger partial charge is 0.193 e. The van der Waals surface area contributed by atoms with Crippen LogP contribution in [0.3, 0.4) is 0 Å². The maximum Gasteiger partial charge on any atom is 0.193 e. The summed E-state index contributed by atoms with van der Waals surface area (Å²) in [5.41, 5.74) is 0. The highest BCUT2D eigenvalue weighted by molar-refractivity contribution is 5.81. The van der Waals surface area contributed by atoms with Crippen LogP contribution in [-0.2, 0) is 0 Å². The van der Waals surface area contributed by atoms with Crippen molar-refractivity contribution in [2.45, 2.75) is 12.8 Å². The maximum atomic E-state index is 4.38. The van der Waals surface area contributed by atoms with Crippen molar-refractivity contribution in [3.8, 4) is 0 Å². The van der Waals surface area contributed by atoms with Crippen molar-refractivity contribution in [3.63, 3.8) is 0 Å². The summed E-state index contributed by atoms with van der Waals surface area (Å²) in [5.74, 6) is 1.14. The Kier molecular flexibility index (Phi) is 1.49. The van der Waals surface area contributed by atoms with Crippen molar-refractivity contribution in [2.75, 3.05) is 26.2 Å². The van der Waals surface area contributed by atoms with Gasteiger partial charge in [0.25, 0.3) is 0 Å². The van der Waals surface area contributed by atoms with Crippen molar-refractivity contribution in [2.24, 2.45) is 4.99 Å². The molecule has 1 N–H and O–H groups in total. The lowest BCUT2D eigenvalue weighted by atomic mass is 10.2. The van der Waals surface area contributed by atoms with Crippen LogP contribution >= 0.6 is 0 Å². The topological polar surface area (TPSA) is 27.6 Å². The molecule has 0 spiro atoms. The van der Waals surface area contributed by atoms with Crippen LogP contribution in [0.25, 0.3) is 0 Å². The number of nitrogens with one attached hydrogen (secondary N) is 1. The minimum atomic E-state index is 0. The Hall–Kier alpha value is -0.730. The van der Waals surface area contributed by atoms with E-state index in [1.54, 1.807) is 0 Å². The van der Waals surface area contributed by atoms with Gasteiger partial charge in [-0.25, -0.2) is 0 Å². The van der Waals surface area contributed by atoms with E-state index in [0.29, 0.717) is 0 Å². The molecule has 0 radical (unpaired) electrons. The van der Waals surface area contributed by atoms with Crippen LogP contribution in [0.5, 0.6) is 0 Å². The fraction of sp³-hybridized carbons (Fsp3) is 0.857. The normalized spacial score (nSPS) is 24.8.